The van der Waals surface area contributed by atoms with Crippen molar-refractivity contribution in [2.45, 2.75) is 55.7 Å². The van der Waals surface area contributed by atoms with Crippen molar-refractivity contribution in [3.63, 3.8) is 0 Å². The summed E-state index contributed by atoms with van der Waals surface area (Å²) in [5, 5.41) is 6.66. The minimum absolute atomic E-state index is 0. The van der Waals surface area contributed by atoms with Gasteiger partial charge in [-0.05, 0) is 30.9 Å². The number of rotatable bonds is 8. The Morgan fingerprint density at radius 3 is 2.63 bits per heavy atom. The van der Waals surface area contributed by atoms with Crippen molar-refractivity contribution in [1.82, 2.24) is 14.9 Å². The van der Waals surface area contributed by atoms with Crippen molar-refractivity contribution >= 4 is 51.3 Å². The normalized spacial score (nSPS) is 19.3. The number of aliphatic imine (C=N–C) groups is 1. The molecule has 1 aromatic heterocycles. The largest absolute Gasteiger partial charge is 0.379 e. The highest BCUT2D eigenvalue weighted by molar-refractivity contribution is 14.0. The zero-order valence-corrected chi connectivity index (χ0v) is 21.7. The number of hydrogen-bond donors (Lipinski definition) is 2. The van der Waals surface area contributed by atoms with Crippen LogP contribution in [0.5, 0.6) is 0 Å². The van der Waals surface area contributed by atoms with Gasteiger partial charge < -0.3 is 15.4 Å². The average molecular weight is 571 g/mol. The summed E-state index contributed by atoms with van der Waals surface area (Å²) in [5.41, 5.74) is 0. The van der Waals surface area contributed by atoms with Crippen LogP contribution in [0.1, 0.15) is 49.8 Å². The van der Waals surface area contributed by atoms with E-state index >= 15 is 0 Å². The number of sulfonamides is 1. The number of ether oxygens (including phenoxy) is 1. The lowest BCUT2D eigenvalue weighted by atomic mass is 9.86. The number of guanidine groups is 1. The second-order valence-corrected chi connectivity index (χ2v) is 11.1. The highest BCUT2D eigenvalue weighted by Crippen LogP contribution is 2.27. The van der Waals surface area contributed by atoms with Gasteiger partial charge in [0.15, 0.2) is 5.96 Å². The van der Waals surface area contributed by atoms with Crippen molar-refractivity contribution in [3.8, 4) is 0 Å². The highest BCUT2D eigenvalue weighted by Gasteiger charge is 2.27. The fourth-order valence-electron chi connectivity index (χ4n) is 3.97. The van der Waals surface area contributed by atoms with Gasteiger partial charge >= 0.3 is 0 Å². The number of hydrogen-bond acceptors (Lipinski definition) is 5. The lowest BCUT2D eigenvalue weighted by Crippen LogP contribution is -2.40. The lowest BCUT2D eigenvalue weighted by Gasteiger charge is -2.25. The monoisotopic (exact) mass is 570 g/mol. The Morgan fingerprint density at radius 2 is 1.93 bits per heavy atom. The molecule has 10 heteroatoms. The second kappa shape index (κ2) is 13.2. The van der Waals surface area contributed by atoms with Crippen LogP contribution in [-0.2, 0) is 21.3 Å². The smallest absolute Gasteiger partial charge is 0.252 e. The summed E-state index contributed by atoms with van der Waals surface area (Å²) in [7, 11) is -1.65. The molecule has 0 amide bonds. The first-order valence-corrected chi connectivity index (χ1v) is 13.0. The Morgan fingerprint density at radius 1 is 1.20 bits per heavy atom. The molecule has 0 unspecified atom stereocenters. The van der Waals surface area contributed by atoms with Crippen LogP contribution in [-0.4, -0.2) is 58.6 Å². The first kappa shape index (κ1) is 25.8. The third kappa shape index (κ3) is 7.61. The number of thiophene rings is 1. The quantitative estimate of drug-likeness (QED) is 0.217. The molecule has 3 rings (SSSR count). The fraction of sp³-hybridized carbons (Fsp3) is 0.750. The van der Waals surface area contributed by atoms with Crippen LogP contribution in [0, 0.1) is 5.92 Å². The van der Waals surface area contributed by atoms with Crippen molar-refractivity contribution in [1.29, 1.82) is 0 Å². The van der Waals surface area contributed by atoms with Gasteiger partial charge in [-0.2, -0.15) is 4.31 Å². The lowest BCUT2D eigenvalue weighted by molar-refractivity contribution is 0.0731. The Hall–Kier alpha value is -0.430. The average Bonchev–Trinajstić information content (AvgIpc) is 3.24. The molecule has 2 fully saturated rings. The van der Waals surface area contributed by atoms with Gasteiger partial charge in [0.25, 0.3) is 10.0 Å². The number of morpholine rings is 1. The molecule has 0 aromatic carbocycles. The predicted octanol–water partition coefficient (Wildman–Crippen LogP) is 3.41. The number of nitrogens with one attached hydrogen (secondary N) is 2. The molecule has 1 aliphatic heterocycles. The minimum Gasteiger partial charge on any atom is -0.379 e. The summed E-state index contributed by atoms with van der Waals surface area (Å²) >= 11 is 1.32. The molecule has 7 nitrogen and oxygen atoms in total. The van der Waals surface area contributed by atoms with Gasteiger partial charge in [-0.15, -0.1) is 35.3 Å². The molecular formula is C20H35IN4O3S2. The van der Waals surface area contributed by atoms with E-state index in [1.807, 2.05) is 6.07 Å². The van der Waals surface area contributed by atoms with Crippen LogP contribution >= 0.6 is 35.3 Å². The van der Waals surface area contributed by atoms with E-state index in [0.717, 1.165) is 29.7 Å². The number of halogens is 1. The molecule has 0 bridgehead atoms. The van der Waals surface area contributed by atoms with Crippen LogP contribution in [0.2, 0.25) is 0 Å². The van der Waals surface area contributed by atoms with Crippen LogP contribution in [0.15, 0.2) is 21.3 Å². The van der Waals surface area contributed by atoms with Crippen LogP contribution in [0.25, 0.3) is 0 Å². The first-order chi connectivity index (χ1) is 14.1. The van der Waals surface area contributed by atoms with E-state index in [9.17, 15) is 8.42 Å². The first-order valence-electron chi connectivity index (χ1n) is 10.7. The van der Waals surface area contributed by atoms with Crippen LogP contribution in [0.4, 0.5) is 0 Å². The van der Waals surface area contributed by atoms with Crippen molar-refractivity contribution in [2.24, 2.45) is 10.9 Å². The molecule has 0 atom stereocenters. The Kier molecular flexibility index (Phi) is 11.4. The van der Waals surface area contributed by atoms with E-state index in [-0.39, 0.29) is 24.0 Å². The molecule has 172 valence electrons. The number of nitrogens with zero attached hydrogens (tertiary/aromatic N) is 2. The van der Waals surface area contributed by atoms with E-state index in [2.05, 4.69) is 15.6 Å². The SMILES string of the molecule is CN=C(NCCCC1CCCCC1)NCc1ccc(S(=O)(=O)N2CCOCC2)s1.I. The highest BCUT2D eigenvalue weighted by atomic mass is 127. The molecule has 1 saturated heterocycles. The molecule has 2 aliphatic rings. The third-order valence-corrected chi connectivity index (χ3v) is 9.11. The zero-order chi connectivity index (χ0) is 20.5. The van der Waals surface area contributed by atoms with Gasteiger partial charge in [0.1, 0.15) is 4.21 Å². The Bertz CT molecular complexity index is 758. The molecule has 30 heavy (non-hydrogen) atoms. The zero-order valence-electron chi connectivity index (χ0n) is 17.8. The van der Waals surface area contributed by atoms with E-state index < -0.39 is 10.0 Å². The van der Waals surface area contributed by atoms with Crippen molar-refractivity contribution in [3.05, 3.63) is 17.0 Å². The third-order valence-electron chi connectivity index (χ3n) is 5.66. The summed E-state index contributed by atoms with van der Waals surface area (Å²) in [6, 6.07) is 3.58. The van der Waals surface area contributed by atoms with Gasteiger partial charge in [0.05, 0.1) is 19.8 Å². The molecule has 1 aliphatic carbocycles. The van der Waals surface area contributed by atoms with Crippen LogP contribution in [0.3, 0.4) is 0 Å². The van der Waals surface area contributed by atoms with Crippen LogP contribution < -0.4 is 10.6 Å². The van der Waals surface area contributed by atoms with Gasteiger partial charge in [0, 0.05) is 31.6 Å². The van der Waals surface area contributed by atoms with E-state index in [1.165, 1.54) is 54.2 Å². The maximum absolute atomic E-state index is 12.7. The fourth-order valence-corrected chi connectivity index (χ4v) is 6.83. The molecule has 1 aromatic rings. The second-order valence-electron chi connectivity index (χ2n) is 7.74. The molecule has 0 radical (unpaired) electrons. The van der Waals surface area contributed by atoms with Gasteiger partial charge in [-0.3, -0.25) is 4.99 Å². The molecule has 0 spiro atoms. The van der Waals surface area contributed by atoms with Crippen molar-refractivity contribution in [2.75, 3.05) is 39.9 Å². The van der Waals surface area contributed by atoms with Crippen molar-refractivity contribution < 1.29 is 13.2 Å². The molecule has 2 N–H and O–H groups in total. The Labute approximate surface area is 202 Å². The summed E-state index contributed by atoms with van der Waals surface area (Å²) < 4.78 is 32.6. The Balaban J connectivity index is 0.00000320. The molecular weight excluding hydrogens is 535 g/mol. The van der Waals surface area contributed by atoms with E-state index in [4.69, 9.17) is 4.74 Å². The standard InChI is InChI=1S/C20H34N4O3S2.HI/c1-21-20(22-11-5-8-17-6-3-2-4-7-17)23-16-18-9-10-19(28-18)29(25,26)24-12-14-27-15-13-24;/h9-10,17H,2-8,11-16H2,1H3,(H2,21,22,23);1H. The van der Waals surface area contributed by atoms with Gasteiger partial charge in [-0.25, -0.2) is 8.42 Å². The summed E-state index contributed by atoms with van der Waals surface area (Å²) in [4.78, 5) is 5.25. The maximum atomic E-state index is 12.7. The maximum Gasteiger partial charge on any atom is 0.252 e. The van der Waals surface area contributed by atoms with E-state index in [0.29, 0.717) is 37.1 Å². The van der Waals surface area contributed by atoms with E-state index in [1.54, 1.807) is 13.1 Å². The van der Waals surface area contributed by atoms with Gasteiger partial charge in [0.2, 0.25) is 0 Å². The minimum atomic E-state index is -3.42. The topological polar surface area (TPSA) is 83.0 Å². The van der Waals surface area contributed by atoms with Gasteiger partial charge in [-0.1, -0.05) is 32.1 Å². The molecule has 1 saturated carbocycles. The summed E-state index contributed by atoms with van der Waals surface area (Å²) in [6.07, 6.45) is 9.42. The summed E-state index contributed by atoms with van der Waals surface area (Å²) in [6.45, 7) is 3.24. The predicted molar refractivity (Wildman–Crippen MR) is 133 cm³/mol. The molecule has 2 heterocycles. The summed E-state index contributed by atoms with van der Waals surface area (Å²) in [5.74, 6) is 1.66.